The van der Waals surface area contributed by atoms with Crippen molar-refractivity contribution in [3.05, 3.63) is 16.7 Å². The molecule has 2 aromatic heterocycles. The van der Waals surface area contributed by atoms with E-state index in [1.807, 2.05) is 6.07 Å². The van der Waals surface area contributed by atoms with Gasteiger partial charge in [-0.15, -0.1) is 11.8 Å². The first-order valence-corrected chi connectivity index (χ1v) is 8.31. The predicted octanol–water partition coefficient (Wildman–Crippen LogP) is 3.46. The molecule has 0 radical (unpaired) electrons. The Morgan fingerprint density at radius 2 is 2.33 bits per heavy atom. The van der Waals surface area contributed by atoms with E-state index in [1.165, 1.54) is 0 Å². The number of pyridine rings is 1. The summed E-state index contributed by atoms with van der Waals surface area (Å²) in [7, 11) is 0. The van der Waals surface area contributed by atoms with Crippen LogP contribution in [0.15, 0.2) is 21.9 Å². The highest BCUT2D eigenvalue weighted by Crippen LogP contribution is 2.21. The van der Waals surface area contributed by atoms with Gasteiger partial charge in [-0.2, -0.15) is 5.26 Å². The summed E-state index contributed by atoms with van der Waals surface area (Å²) in [5, 5.41) is 9.31. The van der Waals surface area contributed by atoms with Gasteiger partial charge in [0, 0.05) is 16.4 Å². The number of thioether (sulfide) groups is 2. The van der Waals surface area contributed by atoms with Crippen LogP contribution >= 0.6 is 39.5 Å². The fourth-order valence-corrected chi connectivity index (χ4v) is 3.28. The molecule has 0 aliphatic heterocycles. The van der Waals surface area contributed by atoms with E-state index in [1.54, 1.807) is 29.7 Å². The zero-order valence-corrected chi connectivity index (χ0v) is 12.7. The van der Waals surface area contributed by atoms with E-state index in [0.29, 0.717) is 5.75 Å². The number of fused-ring (bicyclic) bond motifs is 1. The van der Waals surface area contributed by atoms with Gasteiger partial charge in [0.1, 0.15) is 0 Å². The van der Waals surface area contributed by atoms with Crippen LogP contribution < -0.4 is 0 Å². The van der Waals surface area contributed by atoms with Gasteiger partial charge in [0.2, 0.25) is 0 Å². The molecule has 0 aliphatic carbocycles. The summed E-state index contributed by atoms with van der Waals surface area (Å²) in [5.74, 6) is 2.59. The zero-order chi connectivity index (χ0) is 12.8. The van der Waals surface area contributed by atoms with Crippen LogP contribution in [0.1, 0.15) is 6.42 Å². The van der Waals surface area contributed by atoms with Crippen molar-refractivity contribution in [2.75, 3.05) is 17.3 Å². The van der Waals surface area contributed by atoms with Crippen molar-refractivity contribution < 1.29 is 0 Å². The predicted molar refractivity (Wildman–Crippen MR) is 79.9 cm³/mol. The van der Waals surface area contributed by atoms with Gasteiger partial charge in [0.25, 0.3) is 0 Å². The second-order valence-electron chi connectivity index (χ2n) is 3.48. The van der Waals surface area contributed by atoms with E-state index in [9.17, 15) is 0 Å². The highest BCUT2D eigenvalue weighted by Gasteiger charge is 2.04. The van der Waals surface area contributed by atoms with E-state index in [0.717, 1.165) is 38.7 Å². The second kappa shape index (κ2) is 7.02. The molecule has 2 rings (SSSR count). The summed E-state index contributed by atoms with van der Waals surface area (Å²) in [6.07, 6.45) is 2.82. The molecule has 0 amide bonds. The Bertz CT molecular complexity index is 564. The summed E-state index contributed by atoms with van der Waals surface area (Å²) < 4.78 is 0.947. The third-order valence-corrected chi connectivity index (χ3v) is 4.42. The molecule has 0 atom stereocenters. The second-order valence-corrected chi connectivity index (χ2v) is 6.58. The smallest absolute Gasteiger partial charge is 0.178 e. The molecular weight excluding hydrogens is 332 g/mol. The molecule has 2 aromatic rings. The van der Waals surface area contributed by atoms with Crippen molar-refractivity contribution in [2.45, 2.75) is 11.6 Å². The molecule has 0 saturated carbocycles. The van der Waals surface area contributed by atoms with Crippen molar-refractivity contribution in [3.63, 3.8) is 0 Å². The van der Waals surface area contributed by atoms with Crippen molar-refractivity contribution in [3.8, 4) is 6.07 Å². The molecule has 4 nitrogen and oxygen atoms in total. The molecule has 1 N–H and O–H groups in total. The van der Waals surface area contributed by atoms with Gasteiger partial charge in [-0.05, 0) is 34.2 Å². The Labute approximate surface area is 122 Å². The number of hydrogen-bond donors (Lipinski definition) is 1. The lowest BCUT2D eigenvalue weighted by atomic mass is 10.4. The lowest BCUT2D eigenvalue weighted by Crippen LogP contribution is -1.86. The van der Waals surface area contributed by atoms with Gasteiger partial charge in [0.05, 0.1) is 17.3 Å². The Morgan fingerprint density at radius 1 is 1.44 bits per heavy atom. The number of nitrogens with zero attached hydrogens (tertiary/aromatic N) is 3. The van der Waals surface area contributed by atoms with Gasteiger partial charge in [0.15, 0.2) is 10.8 Å². The molecule has 0 spiro atoms. The van der Waals surface area contributed by atoms with Crippen LogP contribution in [-0.4, -0.2) is 32.2 Å². The molecule has 0 bridgehead atoms. The van der Waals surface area contributed by atoms with E-state index in [4.69, 9.17) is 5.26 Å². The Balaban J connectivity index is 1.83. The van der Waals surface area contributed by atoms with E-state index >= 15 is 0 Å². The van der Waals surface area contributed by atoms with Gasteiger partial charge in [-0.25, -0.2) is 9.97 Å². The van der Waals surface area contributed by atoms with Crippen LogP contribution in [0.4, 0.5) is 0 Å². The molecular formula is C11H11BrN4S2. The minimum absolute atomic E-state index is 0.577. The number of nitrogens with one attached hydrogen (secondary N) is 1. The van der Waals surface area contributed by atoms with Crippen molar-refractivity contribution in [1.29, 1.82) is 5.26 Å². The van der Waals surface area contributed by atoms with Gasteiger partial charge in [-0.1, -0.05) is 11.8 Å². The summed E-state index contributed by atoms with van der Waals surface area (Å²) in [6.45, 7) is 0. The quantitative estimate of drug-likeness (QED) is 0.643. The van der Waals surface area contributed by atoms with Crippen LogP contribution in [0.2, 0.25) is 0 Å². The molecule has 0 fully saturated rings. The van der Waals surface area contributed by atoms with Gasteiger partial charge < -0.3 is 4.98 Å². The van der Waals surface area contributed by atoms with Gasteiger partial charge >= 0.3 is 0 Å². The normalized spacial score (nSPS) is 10.7. The highest BCUT2D eigenvalue weighted by atomic mass is 79.9. The van der Waals surface area contributed by atoms with Crippen LogP contribution in [-0.2, 0) is 0 Å². The summed E-state index contributed by atoms with van der Waals surface area (Å²) >= 11 is 6.75. The third kappa shape index (κ3) is 3.90. The SMILES string of the molecule is N#CCSCCCSc1nc2ncc(Br)cc2[nH]1. The van der Waals surface area contributed by atoms with Crippen molar-refractivity contribution in [1.82, 2.24) is 15.0 Å². The van der Waals surface area contributed by atoms with Gasteiger partial charge in [-0.3, -0.25) is 0 Å². The number of H-pyrrole nitrogens is 1. The minimum atomic E-state index is 0.577. The number of hydrogen-bond acceptors (Lipinski definition) is 5. The summed E-state index contributed by atoms with van der Waals surface area (Å²) in [6, 6.07) is 4.10. The summed E-state index contributed by atoms with van der Waals surface area (Å²) in [4.78, 5) is 11.9. The Hall–Kier alpha value is -0.710. The zero-order valence-electron chi connectivity index (χ0n) is 9.52. The maximum atomic E-state index is 8.40. The summed E-state index contributed by atoms with van der Waals surface area (Å²) in [5.41, 5.74) is 1.70. The first-order valence-electron chi connectivity index (χ1n) is 5.38. The number of aromatic amines is 1. The lowest BCUT2D eigenvalue weighted by Gasteiger charge is -1.96. The van der Waals surface area contributed by atoms with Crippen molar-refractivity contribution >= 4 is 50.6 Å². The average molecular weight is 343 g/mol. The first kappa shape index (κ1) is 13.7. The number of halogens is 1. The number of rotatable bonds is 6. The molecule has 0 aromatic carbocycles. The average Bonchev–Trinajstić information content (AvgIpc) is 2.75. The van der Waals surface area contributed by atoms with Crippen LogP contribution in [0.25, 0.3) is 11.2 Å². The maximum absolute atomic E-state index is 8.40. The molecule has 94 valence electrons. The molecule has 2 heterocycles. The highest BCUT2D eigenvalue weighted by molar-refractivity contribution is 9.10. The maximum Gasteiger partial charge on any atom is 0.178 e. The Morgan fingerprint density at radius 3 is 3.17 bits per heavy atom. The fraction of sp³-hybridized carbons (Fsp3) is 0.364. The third-order valence-electron chi connectivity index (χ3n) is 2.12. The van der Waals surface area contributed by atoms with Crippen LogP contribution in [0, 0.1) is 11.3 Å². The van der Waals surface area contributed by atoms with Crippen LogP contribution in [0.5, 0.6) is 0 Å². The molecule has 0 saturated heterocycles. The lowest BCUT2D eigenvalue weighted by molar-refractivity contribution is 1.05. The number of aromatic nitrogens is 3. The number of imidazole rings is 1. The van der Waals surface area contributed by atoms with E-state index < -0.39 is 0 Å². The molecule has 7 heteroatoms. The monoisotopic (exact) mass is 342 g/mol. The van der Waals surface area contributed by atoms with Crippen molar-refractivity contribution in [2.24, 2.45) is 0 Å². The number of nitriles is 1. The molecule has 0 aliphatic rings. The topological polar surface area (TPSA) is 65.4 Å². The first-order chi connectivity index (χ1) is 8.79. The molecule has 18 heavy (non-hydrogen) atoms. The standard InChI is InChI=1S/C11H11BrN4S2/c12-8-6-9-10(14-7-8)16-11(15-9)18-4-1-3-17-5-2-13/h6-7H,1,3-5H2,(H,14,15,16). The fourth-order valence-electron chi connectivity index (χ4n) is 1.37. The molecule has 0 unspecified atom stereocenters. The minimum Gasteiger partial charge on any atom is -0.332 e. The van der Waals surface area contributed by atoms with E-state index in [2.05, 4.69) is 37.0 Å². The van der Waals surface area contributed by atoms with E-state index in [-0.39, 0.29) is 0 Å². The van der Waals surface area contributed by atoms with Crippen LogP contribution in [0.3, 0.4) is 0 Å². The Kier molecular flexibility index (Phi) is 5.35. The largest absolute Gasteiger partial charge is 0.332 e.